The number of rotatable bonds is 3. The number of benzene rings is 1. The summed E-state index contributed by atoms with van der Waals surface area (Å²) in [5.74, 6) is -0.356. The topological polar surface area (TPSA) is 78.0 Å². The van der Waals surface area contributed by atoms with E-state index in [2.05, 4.69) is 12.1 Å². The Hall–Kier alpha value is -1.93. The van der Waals surface area contributed by atoms with Crippen LogP contribution in [-0.4, -0.2) is 72.3 Å². The third kappa shape index (κ3) is 3.33. The lowest BCUT2D eigenvalue weighted by atomic mass is 9.93. The van der Waals surface area contributed by atoms with Crippen LogP contribution in [0.4, 0.5) is 0 Å². The molecule has 2 fully saturated rings. The number of sulfonamides is 1. The van der Waals surface area contributed by atoms with Crippen molar-refractivity contribution in [3.05, 3.63) is 35.4 Å². The molecule has 3 heterocycles. The van der Waals surface area contributed by atoms with Crippen LogP contribution in [0.5, 0.6) is 0 Å². The summed E-state index contributed by atoms with van der Waals surface area (Å²) >= 11 is 0. The molecule has 0 unspecified atom stereocenters. The molecule has 152 valence electrons. The van der Waals surface area contributed by atoms with E-state index in [4.69, 9.17) is 0 Å². The molecule has 0 spiro atoms. The predicted molar refractivity (Wildman–Crippen MR) is 105 cm³/mol. The number of fused-ring (bicyclic) bond motifs is 2. The van der Waals surface area contributed by atoms with Gasteiger partial charge in [-0.3, -0.25) is 9.59 Å². The smallest absolute Gasteiger partial charge is 0.238 e. The molecule has 0 aromatic heterocycles. The minimum atomic E-state index is -3.42. The highest BCUT2D eigenvalue weighted by atomic mass is 32.2. The molecule has 0 aliphatic carbocycles. The Bertz CT molecular complexity index is 900. The standard InChI is InChI=1S/C20H27N3O4S/c1-3-18-17(10-16-12-22(28(2,26)27)13-19(24)23(16)18)20(25)21-9-8-14-6-4-5-7-15(14)11-21/h4-7,16-18H,3,8-13H2,1-2H3/t16-,17-,18-/m1/s1. The molecule has 3 aliphatic heterocycles. The first-order chi connectivity index (χ1) is 13.3. The molecule has 0 radical (unpaired) electrons. The Morgan fingerprint density at radius 1 is 1.18 bits per heavy atom. The van der Waals surface area contributed by atoms with Crippen LogP contribution in [0, 0.1) is 5.92 Å². The number of amides is 2. The van der Waals surface area contributed by atoms with Crippen LogP contribution in [0.3, 0.4) is 0 Å². The van der Waals surface area contributed by atoms with Crippen LogP contribution >= 0.6 is 0 Å². The van der Waals surface area contributed by atoms with Crippen molar-refractivity contribution in [1.82, 2.24) is 14.1 Å². The summed E-state index contributed by atoms with van der Waals surface area (Å²) in [6.45, 7) is 3.46. The monoisotopic (exact) mass is 405 g/mol. The van der Waals surface area contributed by atoms with Crippen LogP contribution in [-0.2, 0) is 32.6 Å². The van der Waals surface area contributed by atoms with E-state index in [1.165, 1.54) is 15.4 Å². The molecule has 2 amide bonds. The van der Waals surface area contributed by atoms with Crippen LogP contribution < -0.4 is 0 Å². The van der Waals surface area contributed by atoms with Crippen LogP contribution in [0.1, 0.15) is 30.9 Å². The molecule has 2 saturated heterocycles. The van der Waals surface area contributed by atoms with Gasteiger partial charge in [-0.1, -0.05) is 31.2 Å². The first-order valence-electron chi connectivity index (χ1n) is 9.91. The molecule has 0 bridgehead atoms. The van der Waals surface area contributed by atoms with Gasteiger partial charge in [0.2, 0.25) is 21.8 Å². The molecule has 8 heteroatoms. The first kappa shape index (κ1) is 19.4. The van der Waals surface area contributed by atoms with Crippen molar-refractivity contribution in [3.8, 4) is 0 Å². The quantitative estimate of drug-likeness (QED) is 0.747. The van der Waals surface area contributed by atoms with Crippen molar-refractivity contribution >= 4 is 21.8 Å². The van der Waals surface area contributed by atoms with E-state index in [1.807, 2.05) is 24.0 Å². The summed E-state index contributed by atoms with van der Waals surface area (Å²) in [6.07, 6.45) is 3.21. The molecule has 0 saturated carbocycles. The van der Waals surface area contributed by atoms with Crippen molar-refractivity contribution in [3.63, 3.8) is 0 Å². The average Bonchev–Trinajstić information content (AvgIpc) is 3.05. The molecule has 0 N–H and O–H groups in total. The predicted octanol–water partition coefficient (Wildman–Crippen LogP) is 0.842. The average molecular weight is 406 g/mol. The van der Waals surface area contributed by atoms with E-state index in [0.717, 1.165) is 12.7 Å². The van der Waals surface area contributed by atoms with Gasteiger partial charge in [0.15, 0.2) is 0 Å². The Morgan fingerprint density at radius 2 is 1.89 bits per heavy atom. The largest absolute Gasteiger partial charge is 0.338 e. The van der Waals surface area contributed by atoms with E-state index in [-0.39, 0.29) is 42.9 Å². The lowest BCUT2D eigenvalue weighted by molar-refractivity contribution is -0.140. The van der Waals surface area contributed by atoms with Crippen LogP contribution in [0.25, 0.3) is 0 Å². The Kier molecular flexibility index (Phi) is 4.95. The van der Waals surface area contributed by atoms with E-state index < -0.39 is 10.0 Å². The summed E-state index contributed by atoms with van der Waals surface area (Å²) in [5, 5.41) is 0. The van der Waals surface area contributed by atoms with Gasteiger partial charge >= 0.3 is 0 Å². The summed E-state index contributed by atoms with van der Waals surface area (Å²) in [4.78, 5) is 29.8. The second kappa shape index (κ2) is 7.15. The molecule has 3 atom stereocenters. The van der Waals surface area contributed by atoms with Crippen molar-refractivity contribution in [1.29, 1.82) is 0 Å². The van der Waals surface area contributed by atoms with Gasteiger partial charge in [-0.15, -0.1) is 0 Å². The maximum absolute atomic E-state index is 13.4. The minimum absolute atomic E-state index is 0.0921. The lowest BCUT2D eigenvalue weighted by Crippen LogP contribution is -2.57. The summed E-state index contributed by atoms with van der Waals surface area (Å²) < 4.78 is 25.1. The molecular weight excluding hydrogens is 378 g/mol. The van der Waals surface area contributed by atoms with Gasteiger partial charge in [0, 0.05) is 31.7 Å². The van der Waals surface area contributed by atoms with Gasteiger partial charge in [-0.25, -0.2) is 8.42 Å². The Labute approximate surface area is 166 Å². The van der Waals surface area contributed by atoms with Crippen molar-refractivity contribution in [2.24, 2.45) is 5.92 Å². The molecule has 7 nitrogen and oxygen atoms in total. The third-order valence-electron chi connectivity index (χ3n) is 6.40. The number of carbonyl (C=O) groups excluding carboxylic acids is 2. The molecule has 4 rings (SSSR count). The lowest BCUT2D eigenvalue weighted by Gasteiger charge is -2.39. The van der Waals surface area contributed by atoms with Crippen molar-refractivity contribution in [2.75, 3.05) is 25.9 Å². The molecule has 3 aliphatic rings. The molecule has 1 aromatic carbocycles. The van der Waals surface area contributed by atoms with Gasteiger partial charge in [0.1, 0.15) is 0 Å². The van der Waals surface area contributed by atoms with E-state index in [0.29, 0.717) is 25.9 Å². The van der Waals surface area contributed by atoms with E-state index in [1.54, 1.807) is 4.90 Å². The zero-order chi connectivity index (χ0) is 20.1. The van der Waals surface area contributed by atoms with E-state index >= 15 is 0 Å². The summed E-state index contributed by atoms with van der Waals surface area (Å²) in [7, 11) is -3.42. The number of hydrogen-bond donors (Lipinski definition) is 0. The summed E-state index contributed by atoms with van der Waals surface area (Å²) in [5.41, 5.74) is 2.48. The zero-order valence-electron chi connectivity index (χ0n) is 16.4. The minimum Gasteiger partial charge on any atom is -0.338 e. The fourth-order valence-corrected chi connectivity index (χ4v) is 5.82. The Morgan fingerprint density at radius 3 is 2.57 bits per heavy atom. The van der Waals surface area contributed by atoms with Gasteiger partial charge in [0.25, 0.3) is 0 Å². The van der Waals surface area contributed by atoms with Crippen molar-refractivity contribution in [2.45, 2.75) is 44.8 Å². The van der Waals surface area contributed by atoms with Crippen molar-refractivity contribution < 1.29 is 18.0 Å². The number of hydrogen-bond acceptors (Lipinski definition) is 4. The fourth-order valence-electron chi connectivity index (χ4n) is 5.03. The van der Waals surface area contributed by atoms with E-state index in [9.17, 15) is 18.0 Å². The number of nitrogens with zero attached hydrogens (tertiary/aromatic N) is 3. The van der Waals surface area contributed by atoms with Gasteiger partial charge < -0.3 is 9.80 Å². The zero-order valence-corrected chi connectivity index (χ0v) is 17.2. The first-order valence-corrected chi connectivity index (χ1v) is 11.8. The number of carbonyl (C=O) groups is 2. The fraction of sp³-hybridized carbons (Fsp3) is 0.600. The normalized spacial score (nSPS) is 28.2. The van der Waals surface area contributed by atoms with Gasteiger partial charge in [-0.2, -0.15) is 4.31 Å². The maximum atomic E-state index is 13.4. The summed E-state index contributed by atoms with van der Waals surface area (Å²) in [6, 6.07) is 7.83. The molecule has 1 aromatic rings. The van der Waals surface area contributed by atoms with Crippen LogP contribution in [0.15, 0.2) is 24.3 Å². The molecule has 28 heavy (non-hydrogen) atoms. The SMILES string of the molecule is CC[C@@H]1[C@H](C(=O)N2CCc3ccccc3C2)C[C@@H]2CN(S(C)(=O)=O)CC(=O)N21. The third-order valence-corrected chi connectivity index (χ3v) is 7.62. The maximum Gasteiger partial charge on any atom is 0.238 e. The molecular formula is C20H27N3O4S. The Balaban J connectivity index is 1.54. The highest BCUT2D eigenvalue weighted by molar-refractivity contribution is 7.88. The van der Waals surface area contributed by atoms with Gasteiger partial charge in [-0.05, 0) is 30.4 Å². The second-order valence-electron chi connectivity index (χ2n) is 8.11. The second-order valence-corrected chi connectivity index (χ2v) is 10.1. The highest BCUT2D eigenvalue weighted by Crippen LogP contribution is 2.37. The number of piperazine rings is 1. The van der Waals surface area contributed by atoms with Gasteiger partial charge in [0.05, 0.1) is 18.7 Å². The highest BCUT2D eigenvalue weighted by Gasteiger charge is 2.50. The van der Waals surface area contributed by atoms with Crippen LogP contribution in [0.2, 0.25) is 0 Å².